The van der Waals surface area contributed by atoms with Crippen molar-refractivity contribution in [3.8, 4) is 0 Å². The fourth-order valence-electron chi connectivity index (χ4n) is 1.33. The van der Waals surface area contributed by atoms with Gasteiger partial charge in [-0.1, -0.05) is 20.8 Å². The van der Waals surface area contributed by atoms with Crippen LogP contribution in [-0.4, -0.2) is 50.3 Å². The Labute approximate surface area is 88.8 Å². The summed E-state index contributed by atoms with van der Waals surface area (Å²) in [6.45, 7) is 12.9. The fourth-order valence-corrected chi connectivity index (χ4v) is 1.33. The molecule has 0 heterocycles. The van der Waals surface area contributed by atoms with Crippen LogP contribution in [0, 0.1) is 0 Å². The molecule has 0 aromatic rings. The van der Waals surface area contributed by atoms with E-state index < -0.39 is 0 Å². The normalized spacial score (nSPS) is 13.9. The Bertz CT molecular complexity index is 128. The van der Waals surface area contributed by atoms with Crippen molar-refractivity contribution in [1.82, 2.24) is 10.2 Å². The average Bonchev–Trinajstić information content (AvgIpc) is 2.15. The molecular weight excluding hydrogens is 176 g/mol. The third-order valence-corrected chi connectivity index (χ3v) is 2.35. The molecule has 0 saturated heterocycles. The Morgan fingerprint density at radius 3 is 2.36 bits per heavy atom. The van der Waals surface area contributed by atoms with Gasteiger partial charge in [0.15, 0.2) is 0 Å². The Hall–Kier alpha value is -0.120. The molecular formula is C11H26N2O. The lowest BCUT2D eigenvalue weighted by Crippen LogP contribution is -2.38. The zero-order valence-electron chi connectivity index (χ0n) is 10.3. The Balaban J connectivity index is 3.57. The molecule has 14 heavy (non-hydrogen) atoms. The first kappa shape index (κ1) is 13.9. The van der Waals surface area contributed by atoms with Crippen LogP contribution >= 0.6 is 0 Å². The van der Waals surface area contributed by atoms with Crippen molar-refractivity contribution in [3.63, 3.8) is 0 Å². The van der Waals surface area contributed by atoms with Gasteiger partial charge in [-0.3, -0.25) is 4.90 Å². The highest BCUT2D eigenvalue weighted by molar-refractivity contribution is 4.63. The molecule has 1 unspecified atom stereocenters. The molecule has 86 valence electrons. The zero-order chi connectivity index (χ0) is 11.0. The molecule has 0 radical (unpaired) electrons. The van der Waals surface area contributed by atoms with Gasteiger partial charge in [-0.25, -0.2) is 0 Å². The number of rotatable bonds is 8. The van der Waals surface area contributed by atoms with Crippen molar-refractivity contribution in [2.75, 3.05) is 33.3 Å². The molecule has 0 bridgehead atoms. The number of nitrogens with one attached hydrogen (secondary N) is 1. The van der Waals surface area contributed by atoms with Gasteiger partial charge in [0.05, 0.1) is 6.10 Å². The smallest absolute Gasteiger partial charge is 0.0670 e. The molecule has 0 fully saturated rings. The van der Waals surface area contributed by atoms with Gasteiger partial charge in [-0.15, -0.1) is 0 Å². The van der Waals surface area contributed by atoms with Gasteiger partial charge in [0, 0.05) is 32.8 Å². The van der Waals surface area contributed by atoms with Gasteiger partial charge >= 0.3 is 0 Å². The maximum Gasteiger partial charge on any atom is 0.0670 e. The van der Waals surface area contributed by atoms with Crippen LogP contribution in [0.4, 0.5) is 0 Å². The van der Waals surface area contributed by atoms with E-state index in [9.17, 15) is 0 Å². The second-order valence-corrected chi connectivity index (χ2v) is 4.05. The summed E-state index contributed by atoms with van der Waals surface area (Å²) >= 11 is 0. The maximum absolute atomic E-state index is 5.25. The minimum atomic E-state index is 0.328. The highest BCUT2D eigenvalue weighted by Gasteiger charge is 2.07. The van der Waals surface area contributed by atoms with Crippen molar-refractivity contribution in [3.05, 3.63) is 0 Å². The molecule has 0 rings (SSSR count). The van der Waals surface area contributed by atoms with Crippen LogP contribution in [0.1, 0.15) is 27.7 Å². The highest BCUT2D eigenvalue weighted by atomic mass is 16.5. The molecule has 1 N–H and O–H groups in total. The van der Waals surface area contributed by atoms with Gasteiger partial charge in [-0.05, 0) is 13.5 Å². The van der Waals surface area contributed by atoms with Crippen molar-refractivity contribution in [2.24, 2.45) is 0 Å². The predicted molar refractivity (Wildman–Crippen MR) is 61.7 cm³/mol. The summed E-state index contributed by atoms with van der Waals surface area (Å²) in [4.78, 5) is 2.41. The molecule has 3 heteroatoms. The van der Waals surface area contributed by atoms with Crippen LogP contribution < -0.4 is 5.32 Å². The lowest BCUT2D eigenvalue weighted by Gasteiger charge is -2.24. The first-order valence-corrected chi connectivity index (χ1v) is 5.58. The predicted octanol–water partition coefficient (Wildman–Crippen LogP) is 1.34. The van der Waals surface area contributed by atoms with Gasteiger partial charge in [0.2, 0.25) is 0 Å². The number of nitrogens with zero attached hydrogens (tertiary/aromatic N) is 1. The van der Waals surface area contributed by atoms with Gasteiger partial charge in [0.1, 0.15) is 0 Å². The first-order chi connectivity index (χ1) is 6.60. The van der Waals surface area contributed by atoms with Crippen LogP contribution in [0.15, 0.2) is 0 Å². The number of hydrogen-bond acceptors (Lipinski definition) is 3. The van der Waals surface area contributed by atoms with Crippen LogP contribution in [0.25, 0.3) is 0 Å². The Morgan fingerprint density at radius 1 is 1.29 bits per heavy atom. The molecule has 0 spiro atoms. The highest BCUT2D eigenvalue weighted by Crippen LogP contribution is 1.94. The van der Waals surface area contributed by atoms with Crippen molar-refractivity contribution < 1.29 is 4.74 Å². The second kappa shape index (κ2) is 8.21. The third-order valence-electron chi connectivity index (χ3n) is 2.35. The molecule has 0 amide bonds. The van der Waals surface area contributed by atoms with E-state index in [0.717, 1.165) is 26.2 Å². The van der Waals surface area contributed by atoms with Crippen LogP contribution in [0.2, 0.25) is 0 Å². The van der Waals surface area contributed by atoms with Crippen molar-refractivity contribution in [1.29, 1.82) is 0 Å². The molecule has 0 aliphatic heterocycles. The van der Waals surface area contributed by atoms with E-state index in [1.807, 2.05) is 0 Å². The number of methoxy groups -OCH3 is 1. The van der Waals surface area contributed by atoms with Gasteiger partial charge in [0.25, 0.3) is 0 Å². The lowest BCUT2D eigenvalue weighted by molar-refractivity contribution is 0.0790. The van der Waals surface area contributed by atoms with Crippen LogP contribution in [-0.2, 0) is 4.74 Å². The fraction of sp³-hybridized carbons (Fsp3) is 1.00. The Morgan fingerprint density at radius 2 is 1.93 bits per heavy atom. The van der Waals surface area contributed by atoms with Crippen molar-refractivity contribution >= 4 is 0 Å². The van der Waals surface area contributed by atoms with E-state index in [0.29, 0.717) is 12.1 Å². The molecule has 0 aliphatic carbocycles. The summed E-state index contributed by atoms with van der Waals surface area (Å²) in [5, 5.41) is 3.42. The summed E-state index contributed by atoms with van der Waals surface area (Å²) in [6.07, 6.45) is 0.328. The monoisotopic (exact) mass is 202 g/mol. The van der Waals surface area contributed by atoms with E-state index in [2.05, 4.69) is 37.9 Å². The largest absolute Gasteiger partial charge is 0.380 e. The van der Waals surface area contributed by atoms with Gasteiger partial charge in [-0.2, -0.15) is 0 Å². The summed E-state index contributed by atoms with van der Waals surface area (Å²) in [5.41, 5.74) is 0. The summed E-state index contributed by atoms with van der Waals surface area (Å²) in [6, 6.07) is 0.577. The SMILES string of the molecule is CCN(CCNC(C)C)CC(C)OC. The number of ether oxygens (including phenoxy) is 1. The quantitative estimate of drug-likeness (QED) is 0.643. The van der Waals surface area contributed by atoms with E-state index in [1.54, 1.807) is 7.11 Å². The van der Waals surface area contributed by atoms with E-state index in [-0.39, 0.29) is 0 Å². The number of hydrogen-bond donors (Lipinski definition) is 1. The molecule has 0 aliphatic rings. The van der Waals surface area contributed by atoms with Crippen LogP contribution in [0.3, 0.4) is 0 Å². The topological polar surface area (TPSA) is 24.5 Å². The third kappa shape index (κ3) is 7.30. The van der Waals surface area contributed by atoms with Gasteiger partial charge < -0.3 is 10.1 Å². The molecule has 1 atom stereocenters. The molecule has 3 nitrogen and oxygen atoms in total. The lowest BCUT2D eigenvalue weighted by atomic mass is 10.3. The minimum absolute atomic E-state index is 0.328. The van der Waals surface area contributed by atoms with Crippen LogP contribution in [0.5, 0.6) is 0 Å². The second-order valence-electron chi connectivity index (χ2n) is 4.05. The minimum Gasteiger partial charge on any atom is -0.380 e. The summed E-state index contributed by atoms with van der Waals surface area (Å²) in [7, 11) is 1.77. The first-order valence-electron chi connectivity index (χ1n) is 5.58. The molecule has 0 saturated carbocycles. The Kier molecular flexibility index (Phi) is 8.14. The van der Waals surface area contributed by atoms with E-state index >= 15 is 0 Å². The summed E-state index contributed by atoms with van der Waals surface area (Å²) < 4.78 is 5.25. The van der Waals surface area contributed by atoms with E-state index in [1.165, 1.54) is 0 Å². The number of likely N-dealkylation sites (N-methyl/N-ethyl adjacent to an activating group) is 1. The summed E-state index contributed by atoms with van der Waals surface area (Å²) in [5.74, 6) is 0. The average molecular weight is 202 g/mol. The molecule has 0 aromatic carbocycles. The van der Waals surface area contributed by atoms with E-state index in [4.69, 9.17) is 4.74 Å². The standard InChI is InChI=1S/C11H26N2O/c1-6-13(9-11(4)14-5)8-7-12-10(2)3/h10-12H,6-9H2,1-5H3. The van der Waals surface area contributed by atoms with Crippen molar-refractivity contribution in [2.45, 2.75) is 39.8 Å². The molecule has 0 aromatic heterocycles. The zero-order valence-corrected chi connectivity index (χ0v) is 10.3. The maximum atomic E-state index is 5.25.